The van der Waals surface area contributed by atoms with Crippen molar-refractivity contribution < 1.29 is 9.59 Å². The average molecular weight is 393 g/mol. The van der Waals surface area contributed by atoms with Crippen molar-refractivity contribution in [2.24, 2.45) is 5.73 Å². The molecule has 2 fully saturated rings. The van der Waals surface area contributed by atoms with Crippen LogP contribution in [-0.2, 0) is 5.54 Å². The van der Waals surface area contributed by atoms with E-state index >= 15 is 0 Å². The summed E-state index contributed by atoms with van der Waals surface area (Å²) >= 11 is 0. The van der Waals surface area contributed by atoms with Crippen LogP contribution in [0.2, 0.25) is 0 Å². The van der Waals surface area contributed by atoms with Crippen LogP contribution in [0.4, 0.5) is 10.5 Å². The van der Waals surface area contributed by atoms with Crippen molar-refractivity contribution in [2.45, 2.75) is 36.8 Å². The Labute approximate surface area is 171 Å². The summed E-state index contributed by atoms with van der Waals surface area (Å²) in [6, 6.07) is 17.5. The van der Waals surface area contributed by atoms with E-state index in [9.17, 15) is 9.59 Å². The molecule has 2 aromatic rings. The lowest BCUT2D eigenvalue weighted by Gasteiger charge is -2.48. The van der Waals surface area contributed by atoms with Crippen LogP contribution in [-0.4, -0.2) is 43.0 Å². The smallest absolute Gasteiger partial charge is 0.322 e. The molecule has 1 heterocycles. The van der Waals surface area contributed by atoms with Crippen molar-refractivity contribution in [3.05, 3.63) is 65.7 Å². The summed E-state index contributed by atoms with van der Waals surface area (Å²) in [4.78, 5) is 28.1. The first-order chi connectivity index (χ1) is 13.9. The molecule has 0 bridgehead atoms. The second-order valence-corrected chi connectivity index (χ2v) is 8.50. The number of urea groups is 1. The molecule has 1 saturated carbocycles. The Kier molecular flexibility index (Phi) is 4.82. The van der Waals surface area contributed by atoms with E-state index in [-0.39, 0.29) is 17.1 Å². The van der Waals surface area contributed by atoms with Crippen molar-refractivity contribution in [3.63, 3.8) is 0 Å². The highest BCUT2D eigenvalue weighted by Gasteiger charge is 2.50. The van der Waals surface area contributed by atoms with Gasteiger partial charge in [0.1, 0.15) is 0 Å². The number of nitrogens with one attached hydrogen (secondary N) is 1. The van der Waals surface area contributed by atoms with Gasteiger partial charge < -0.3 is 11.1 Å². The average Bonchev–Trinajstić information content (AvgIpc) is 3.05. The summed E-state index contributed by atoms with van der Waals surface area (Å²) in [5.74, 6) is -0.466. The van der Waals surface area contributed by atoms with Gasteiger partial charge in [0.15, 0.2) is 0 Å². The van der Waals surface area contributed by atoms with Gasteiger partial charge in [-0.15, -0.1) is 0 Å². The van der Waals surface area contributed by atoms with Gasteiger partial charge in [0.05, 0.1) is 12.1 Å². The van der Waals surface area contributed by atoms with E-state index in [1.54, 1.807) is 29.2 Å². The monoisotopic (exact) mass is 392 g/mol. The summed E-state index contributed by atoms with van der Waals surface area (Å²) in [6.07, 6.45) is 3.81. The van der Waals surface area contributed by atoms with E-state index in [1.165, 1.54) is 5.56 Å². The van der Waals surface area contributed by atoms with Crippen molar-refractivity contribution >= 4 is 17.6 Å². The fourth-order valence-electron chi connectivity index (χ4n) is 4.89. The number of amides is 3. The molecule has 152 valence electrons. The molecule has 29 heavy (non-hydrogen) atoms. The number of carbonyl (C=O) groups excluding carboxylic acids is 2. The van der Waals surface area contributed by atoms with E-state index in [0.717, 1.165) is 31.4 Å². The Morgan fingerprint density at radius 3 is 2.17 bits per heavy atom. The van der Waals surface area contributed by atoms with Crippen LogP contribution in [0.5, 0.6) is 0 Å². The fraction of sp³-hybridized carbons (Fsp3) is 0.391. The molecule has 0 aromatic heterocycles. The highest BCUT2D eigenvalue weighted by molar-refractivity contribution is 5.97. The first-order valence-electron chi connectivity index (χ1n) is 10.1. The SMILES string of the molecule is CN(C)C1(c2ccccc2)CCC2(CC1)CN(c1ccc(C(N)=O)cc1)C(=O)N2. The zero-order valence-corrected chi connectivity index (χ0v) is 17.0. The number of carbonyl (C=O) groups is 2. The summed E-state index contributed by atoms with van der Waals surface area (Å²) in [5, 5.41) is 3.26. The largest absolute Gasteiger partial charge is 0.366 e. The van der Waals surface area contributed by atoms with Gasteiger partial charge in [0, 0.05) is 16.8 Å². The predicted octanol–water partition coefficient (Wildman–Crippen LogP) is 3.09. The van der Waals surface area contributed by atoms with Crippen LogP contribution in [0.1, 0.15) is 41.6 Å². The first kappa shape index (κ1) is 19.5. The maximum atomic E-state index is 12.7. The summed E-state index contributed by atoms with van der Waals surface area (Å²) in [6.45, 7) is 0.639. The lowest BCUT2D eigenvalue weighted by Crippen LogP contribution is -2.54. The summed E-state index contributed by atoms with van der Waals surface area (Å²) in [7, 11) is 4.29. The van der Waals surface area contributed by atoms with E-state index < -0.39 is 5.91 Å². The minimum absolute atomic E-state index is 0.00616. The van der Waals surface area contributed by atoms with Crippen LogP contribution in [0, 0.1) is 0 Å². The molecule has 3 N–H and O–H groups in total. The number of nitrogens with two attached hydrogens (primary N) is 1. The Morgan fingerprint density at radius 1 is 1.00 bits per heavy atom. The fourth-order valence-corrected chi connectivity index (χ4v) is 4.89. The number of primary amides is 1. The maximum Gasteiger partial charge on any atom is 0.322 e. The van der Waals surface area contributed by atoms with Crippen LogP contribution in [0.15, 0.2) is 54.6 Å². The third kappa shape index (κ3) is 3.38. The zero-order valence-electron chi connectivity index (χ0n) is 17.0. The molecule has 1 saturated heterocycles. The maximum absolute atomic E-state index is 12.7. The Morgan fingerprint density at radius 2 is 1.62 bits per heavy atom. The molecule has 0 radical (unpaired) electrons. The Balaban J connectivity index is 1.53. The third-order valence-corrected chi connectivity index (χ3v) is 6.74. The Bertz CT molecular complexity index is 900. The van der Waals surface area contributed by atoms with Crippen molar-refractivity contribution in [1.29, 1.82) is 0 Å². The van der Waals surface area contributed by atoms with Crippen LogP contribution < -0.4 is 16.0 Å². The van der Waals surface area contributed by atoms with E-state index in [4.69, 9.17) is 5.73 Å². The summed E-state index contributed by atoms with van der Waals surface area (Å²) in [5.41, 5.74) is 7.67. The van der Waals surface area contributed by atoms with Gasteiger partial charge in [0.25, 0.3) is 0 Å². The number of anilines is 1. The molecule has 1 aliphatic heterocycles. The quantitative estimate of drug-likeness (QED) is 0.839. The minimum Gasteiger partial charge on any atom is -0.366 e. The van der Waals surface area contributed by atoms with E-state index in [0.29, 0.717) is 12.1 Å². The number of benzene rings is 2. The molecular weight excluding hydrogens is 364 g/mol. The van der Waals surface area contributed by atoms with E-state index in [2.05, 4.69) is 54.6 Å². The zero-order chi connectivity index (χ0) is 20.6. The number of nitrogens with zero attached hydrogens (tertiary/aromatic N) is 2. The van der Waals surface area contributed by atoms with E-state index in [1.807, 2.05) is 0 Å². The molecule has 3 amide bonds. The molecule has 2 aliphatic rings. The molecule has 0 unspecified atom stereocenters. The molecular formula is C23H28N4O2. The van der Waals surface area contributed by atoms with Crippen molar-refractivity contribution in [2.75, 3.05) is 25.5 Å². The number of hydrogen-bond acceptors (Lipinski definition) is 3. The molecule has 6 nitrogen and oxygen atoms in total. The topological polar surface area (TPSA) is 78.7 Å². The second-order valence-electron chi connectivity index (χ2n) is 8.50. The Hall–Kier alpha value is -2.86. The normalized spacial score (nSPS) is 26.7. The lowest BCUT2D eigenvalue weighted by atomic mass is 9.69. The number of rotatable bonds is 4. The van der Waals surface area contributed by atoms with Gasteiger partial charge in [-0.1, -0.05) is 30.3 Å². The lowest BCUT2D eigenvalue weighted by molar-refractivity contribution is 0.0658. The predicted molar refractivity (Wildman–Crippen MR) is 114 cm³/mol. The van der Waals surface area contributed by atoms with Crippen molar-refractivity contribution in [1.82, 2.24) is 10.2 Å². The van der Waals surface area contributed by atoms with Gasteiger partial charge in [-0.05, 0) is 69.6 Å². The highest BCUT2D eigenvalue weighted by atomic mass is 16.2. The second kappa shape index (κ2) is 7.19. The molecule has 1 aliphatic carbocycles. The van der Waals surface area contributed by atoms with Gasteiger partial charge in [-0.2, -0.15) is 0 Å². The molecule has 2 aromatic carbocycles. The standard InChI is InChI=1S/C23H28N4O2/c1-26(2)23(18-6-4-3-5-7-18)14-12-22(13-15-23)16-27(21(29)25-22)19-10-8-17(9-11-19)20(24)28/h3-11H,12-16H2,1-2H3,(H2,24,28)(H,25,29). The third-order valence-electron chi connectivity index (χ3n) is 6.74. The number of hydrogen-bond donors (Lipinski definition) is 2. The van der Waals surface area contributed by atoms with Gasteiger partial charge in [0.2, 0.25) is 5.91 Å². The molecule has 0 atom stereocenters. The molecule has 6 heteroatoms. The van der Waals surface area contributed by atoms with Crippen LogP contribution in [0.25, 0.3) is 0 Å². The van der Waals surface area contributed by atoms with Gasteiger partial charge in [-0.3, -0.25) is 14.6 Å². The minimum atomic E-state index is -0.466. The van der Waals surface area contributed by atoms with Crippen LogP contribution >= 0.6 is 0 Å². The van der Waals surface area contributed by atoms with Gasteiger partial charge in [-0.25, -0.2) is 4.79 Å². The first-order valence-corrected chi connectivity index (χ1v) is 10.1. The summed E-state index contributed by atoms with van der Waals surface area (Å²) < 4.78 is 0. The van der Waals surface area contributed by atoms with Crippen LogP contribution in [0.3, 0.4) is 0 Å². The molecule has 1 spiro atoms. The van der Waals surface area contributed by atoms with Gasteiger partial charge >= 0.3 is 6.03 Å². The molecule has 4 rings (SSSR count). The highest BCUT2D eigenvalue weighted by Crippen LogP contribution is 2.46. The van der Waals surface area contributed by atoms with Crippen molar-refractivity contribution in [3.8, 4) is 0 Å².